The minimum atomic E-state index is -0.239. The van der Waals surface area contributed by atoms with Crippen LogP contribution in [0.15, 0.2) is 18.2 Å². The summed E-state index contributed by atoms with van der Waals surface area (Å²) in [6.07, 6.45) is 0.622. The summed E-state index contributed by atoms with van der Waals surface area (Å²) in [5, 5.41) is 18.6. The van der Waals surface area contributed by atoms with Crippen molar-refractivity contribution in [3.63, 3.8) is 0 Å². The lowest BCUT2D eigenvalue weighted by Crippen LogP contribution is -2.26. The zero-order valence-corrected chi connectivity index (χ0v) is 9.85. The number of benzene rings is 1. The first-order chi connectivity index (χ1) is 7.52. The molecule has 0 saturated carbocycles. The molecule has 1 atom stereocenters. The largest absolute Gasteiger partial charge is 0.508 e. The first-order valence-corrected chi connectivity index (χ1v) is 5.35. The Bertz CT molecular complexity index is 340. The highest BCUT2D eigenvalue weighted by Crippen LogP contribution is 2.20. The lowest BCUT2D eigenvalue weighted by Gasteiger charge is -2.14. The van der Waals surface area contributed by atoms with E-state index < -0.39 is 0 Å². The molecule has 4 N–H and O–H groups in total. The van der Waals surface area contributed by atoms with Gasteiger partial charge in [0.1, 0.15) is 5.75 Å². The van der Waals surface area contributed by atoms with Gasteiger partial charge < -0.3 is 20.8 Å². The molecule has 1 rings (SSSR count). The summed E-state index contributed by atoms with van der Waals surface area (Å²) in [4.78, 5) is 1.99. The van der Waals surface area contributed by atoms with Crippen molar-refractivity contribution in [2.24, 2.45) is 5.73 Å². The second-order valence-corrected chi connectivity index (χ2v) is 4.35. The van der Waals surface area contributed by atoms with E-state index in [1.807, 2.05) is 31.1 Å². The molecule has 1 aromatic carbocycles. The predicted octanol–water partition coefficient (Wildman–Crippen LogP) is 0.316. The maximum Gasteiger partial charge on any atom is 0.120 e. The number of aliphatic hydroxyl groups is 1. The summed E-state index contributed by atoms with van der Waals surface area (Å²) in [7, 11) is 3.90. The molecule has 0 aliphatic rings. The van der Waals surface area contributed by atoms with E-state index in [-0.39, 0.29) is 12.6 Å². The van der Waals surface area contributed by atoms with Gasteiger partial charge in [0.2, 0.25) is 0 Å². The molecule has 0 heterocycles. The highest BCUT2D eigenvalue weighted by molar-refractivity contribution is 5.36. The fourth-order valence-corrected chi connectivity index (χ4v) is 1.60. The molecular weight excluding hydrogens is 204 g/mol. The summed E-state index contributed by atoms with van der Waals surface area (Å²) in [6.45, 7) is 0.665. The number of phenolic OH excluding ortho intramolecular Hbond substituents is 1. The van der Waals surface area contributed by atoms with Crippen molar-refractivity contribution in [2.75, 3.05) is 20.7 Å². The number of hydrogen-bond donors (Lipinski definition) is 3. The number of aliphatic hydroxyl groups excluding tert-OH is 1. The summed E-state index contributed by atoms with van der Waals surface area (Å²) in [6, 6.07) is 5.21. The molecule has 4 heteroatoms. The minimum Gasteiger partial charge on any atom is -0.508 e. The average Bonchev–Trinajstić information content (AvgIpc) is 2.22. The Hall–Kier alpha value is -1.10. The highest BCUT2D eigenvalue weighted by Gasteiger charge is 2.07. The van der Waals surface area contributed by atoms with Crippen molar-refractivity contribution in [1.82, 2.24) is 4.90 Å². The quantitative estimate of drug-likeness (QED) is 0.673. The number of nitrogens with two attached hydrogens (primary N) is 1. The fraction of sp³-hybridized carbons (Fsp3) is 0.500. The number of nitrogens with zero attached hydrogens (tertiary/aromatic N) is 1. The third kappa shape index (κ3) is 3.81. The molecular formula is C12H20N2O2. The molecule has 0 fully saturated rings. The van der Waals surface area contributed by atoms with Crippen LogP contribution in [0.4, 0.5) is 0 Å². The van der Waals surface area contributed by atoms with Crippen LogP contribution in [0.3, 0.4) is 0 Å². The van der Waals surface area contributed by atoms with Crippen LogP contribution in [-0.2, 0) is 13.0 Å². The van der Waals surface area contributed by atoms with Crippen molar-refractivity contribution in [3.05, 3.63) is 29.3 Å². The number of rotatable bonds is 5. The van der Waals surface area contributed by atoms with Crippen LogP contribution < -0.4 is 5.73 Å². The molecule has 0 aliphatic heterocycles. The first-order valence-electron chi connectivity index (χ1n) is 5.35. The van der Waals surface area contributed by atoms with Crippen LogP contribution in [0, 0.1) is 0 Å². The van der Waals surface area contributed by atoms with Gasteiger partial charge in [-0.15, -0.1) is 0 Å². The van der Waals surface area contributed by atoms with Gasteiger partial charge in [0, 0.05) is 18.2 Å². The Labute approximate surface area is 96.3 Å². The Morgan fingerprint density at radius 3 is 2.62 bits per heavy atom. The standard InChI is InChI=1S/C12H20N2O2/c1-14(2)7-10-5-9(3-4-12(10)16)6-11(13)8-15/h3-5,11,15-16H,6-8,13H2,1-2H3. The Balaban J connectivity index is 2.80. The van der Waals surface area contributed by atoms with Crippen molar-refractivity contribution in [2.45, 2.75) is 19.0 Å². The average molecular weight is 224 g/mol. The van der Waals surface area contributed by atoms with Gasteiger partial charge in [-0.05, 0) is 32.1 Å². The number of hydrogen-bond acceptors (Lipinski definition) is 4. The number of phenols is 1. The number of aromatic hydroxyl groups is 1. The van der Waals surface area contributed by atoms with Crippen LogP contribution in [0.2, 0.25) is 0 Å². The summed E-state index contributed by atoms with van der Waals surface area (Å²) < 4.78 is 0. The fourth-order valence-electron chi connectivity index (χ4n) is 1.60. The van der Waals surface area contributed by atoms with E-state index in [0.29, 0.717) is 18.7 Å². The van der Waals surface area contributed by atoms with Gasteiger partial charge >= 0.3 is 0 Å². The molecule has 0 aliphatic carbocycles. The maximum absolute atomic E-state index is 9.67. The predicted molar refractivity (Wildman–Crippen MR) is 64.3 cm³/mol. The molecule has 0 aromatic heterocycles. The van der Waals surface area contributed by atoms with Crippen LogP contribution in [-0.4, -0.2) is 41.9 Å². The van der Waals surface area contributed by atoms with E-state index in [2.05, 4.69) is 0 Å². The lowest BCUT2D eigenvalue weighted by molar-refractivity contribution is 0.265. The molecule has 16 heavy (non-hydrogen) atoms. The highest BCUT2D eigenvalue weighted by atomic mass is 16.3. The van der Waals surface area contributed by atoms with Crippen LogP contribution in [0.25, 0.3) is 0 Å². The summed E-state index contributed by atoms with van der Waals surface area (Å²) >= 11 is 0. The monoisotopic (exact) mass is 224 g/mol. The van der Waals surface area contributed by atoms with Crippen molar-refractivity contribution in [1.29, 1.82) is 0 Å². The van der Waals surface area contributed by atoms with E-state index in [0.717, 1.165) is 11.1 Å². The van der Waals surface area contributed by atoms with E-state index in [9.17, 15) is 5.11 Å². The van der Waals surface area contributed by atoms with Crippen LogP contribution >= 0.6 is 0 Å². The second kappa shape index (κ2) is 5.84. The third-order valence-electron chi connectivity index (χ3n) is 2.36. The SMILES string of the molecule is CN(C)Cc1cc(CC(N)CO)ccc1O. The zero-order chi connectivity index (χ0) is 12.1. The first kappa shape index (κ1) is 13.0. The van der Waals surface area contributed by atoms with Crippen LogP contribution in [0.1, 0.15) is 11.1 Å². The molecule has 0 radical (unpaired) electrons. The van der Waals surface area contributed by atoms with Crippen molar-refractivity contribution < 1.29 is 10.2 Å². The van der Waals surface area contributed by atoms with Gasteiger partial charge in [-0.2, -0.15) is 0 Å². The molecule has 1 aromatic rings. The Kier molecular flexibility index (Phi) is 4.73. The van der Waals surface area contributed by atoms with Gasteiger partial charge in [0.25, 0.3) is 0 Å². The van der Waals surface area contributed by atoms with E-state index >= 15 is 0 Å². The molecule has 1 unspecified atom stereocenters. The molecule has 0 bridgehead atoms. The molecule has 90 valence electrons. The molecule has 0 spiro atoms. The summed E-state index contributed by atoms with van der Waals surface area (Å²) in [5.74, 6) is 0.301. The third-order valence-corrected chi connectivity index (χ3v) is 2.36. The lowest BCUT2D eigenvalue weighted by atomic mass is 10.0. The van der Waals surface area contributed by atoms with Gasteiger partial charge in [-0.25, -0.2) is 0 Å². The van der Waals surface area contributed by atoms with Crippen molar-refractivity contribution in [3.8, 4) is 5.75 Å². The minimum absolute atomic E-state index is 0.0239. The van der Waals surface area contributed by atoms with E-state index in [1.165, 1.54) is 0 Å². The molecule has 0 saturated heterocycles. The zero-order valence-electron chi connectivity index (χ0n) is 9.85. The van der Waals surface area contributed by atoms with Gasteiger partial charge in [0.15, 0.2) is 0 Å². The molecule has 4 nitrogen and oxygen atoms in total. The van der Waals surface area contributed by atoms with Gasteiger partial charge in [-0.3, -0.25) is 0 Å². The van der Waals surface area contributed by atoms with E-state index in [1.54, 1.807) is 6.07 Å². The normalized spacial score (nSPS) is 13.1. The summed E-state index contributed by atoms with van der Waals surface area (Å²) in [5.41, 5.74) is 7.59. The maximum atomic E-state index is 9.67. The second-order valence-electron chi connectivity index (χ2n) is 4.35. The topological polar surface area (TPSA) is 69.7 Å². The van der Waals surface area contributed by atoms with Gasteiger partial charge in [-0.1, -0.05) is 12.1 Å². The van der Waals surface area contributed by atoms with Crippen LogP contribution in [0.5, 0.6) is 5.75 Å². The smallest absolute Gasteiger partial charge is 0.120 e. The van der Waals surface area contributed by atoms with Crippen molar-refractivity contribution >= 4 is 0 Å². The van der Waals surface area contributed by atoms with E-state index in [4.69, 9.17) is 10.8 Å². The Morgan fingerprint density at radius 2 is 2.06 bits per heavy atom. The Morgan fingerprint density at radius 1 is 1.38 bits per heavy atom. The van der Waals surface area contributed by atoms with Gasteiger partial charge in [0.05, 0.1) is 6.61 Å². The molecule has 0 amide bonds.